The molecule has 0 spiro atoms. The van der Waals surface area contributed by atoms with Gasteiger partial charge in [-0.3, -0.25) is 9.69 Å². The predicted octanol–water partition coefficient (Wildman–Crippen LogP) is 0.114. The number of carboxylic acids is 1. The Hall–Kier alpha value is -0.650. The monoisotopic (exact) mass is 230 g/mol. The zero-order valence-corrected chi connectivity index (χ0v) is 10.2. The van der Waals surface area contributed by atoms with Gasteiger partial charge in [0.15, 0.2) is 0 Å². The number of aliphatic carboxylic acids is 1. The fourth-order valence-corrected chi connectivity index (χ4v) is 1.94. The summed E-state index contributed by atoms with van der Waals surface area (Å²) in [6.45, 7) is 3.35. The smallest absolute Gasteiger partial charge is 0.317 e. The van der Waals surface area contributed by atoms with Gasteiger partial charge in [-0.2, -0.15) is 0 Å². The third-order valence-corrected chi connectivity index (χ3v) is 2.88. The van der Waals surface area contributed by atoms with Gasteiger partial charge in [0.25, 0.3) is 0 Å². The zero-order chi connectivity index (χ0) is 12.0. The van der Waals surface area contributed by atoms with E-state index in [1.165, 1.54) is 0 Å². The van der Waals surface area contributed by atoms with E-state index in [2.05, 4.69) is 9.80 Å². The molecule has 1 heterocycles. The highest BCUT2D eigenvalue weighted by Crippen LogP contribution is 2.13. The van der Waals surface area contributed by atoms with Crippen LogP contribution in [0.5, 0.6) is 0 Å². The molecule has 5 nitrogen and oxygen atoms in total. The molecular weight excluding hydrogens is 208 g/mol. The Bertz CT molecular complexity index is 215. The quantitative estimate of drug-likeness (QED) is 0.702. The lowest BCUT2D eigenvalue weighted by atomic mass is 10.1. The molecule has 0 unspecified atom stereocenters. The first-order chi connectivity index (χ1) is 7.59. The Morgan fingerprint density at radius 1 is 1.31 bits per heavy atom. The summed E-state index contributed by atoms with van der Waals surface area (Å²) < 4.78 is 5.30. The Morgan fingerprint density at radius 3 is 2.44 bits per heavy atom. The van der Waals surface area contributed by atoms with Crippen LogP contribution >= 0.6 is 0 Å². The molecule has 0 bridgehead atoms. The van der Waals surface area contributed by atoms with Gasteiger partial charge in [-0.25, -0.2) is 0 Å². The van der Waals surface area contributed by atoms with Crippen LogP contribution in [0.3, 0.4) is 0 Å². The van der Waals surface area contributed by atoms with Crippen molar-refractivity contribution in [3.8, 4) is 0 Å². The van der Waals surface area contributed by atoms with Crippen LogP contribution in [0.25, 0.3) is 0 Å². The number of nitrogens with zero attached hydrogens (tertiary/aromatic N) is 2. The summed E-state index contributed by atoms with van der Waals surface area (Å²) in [7, 11) is 4.01. The van der Waals surface area contributed by atoms with Gasteiger partial charge in [0.1, 0.15) is 0 Å². The van der Waals surface area contributed by atoms with Crippen molar-refractivity contribution in [1.82, 2.24) is 9.80 Å². The van der Waals surface area contributed by atoms with Crippen molar-refractivity contribution >= 4 is 5.97 Å². The fourth-order valence-electron chi connectivity index (χ4n) is 1.94. The maximum Gasteiger partial charge on any atom is 0.317 e. The minimum atomic E-state index is -0.745. The van der Waals surface area contributed by atoms with Gasteiger partial charge < -0.3 is 14.7 Å². The van der Waals surface area contributed by atoms with Gasteiger partial charge in [0.2, 0.25) is 0 Å². The summed E-state index contributed by atoms with van der Waals surface area (Å²) in [6.07, 6.45) is 1.89. The second kappa shape index (κ2) is 6.83. The number of ether oxygens (including phenoxy) is 1. The van der Waals surface area contributed by atoms with Crippen LogP contribution in [0, 0.1) is 0 Å². The van der Waals surface area contributed by atoms with Crippen molar-refractivity contribution in [3.63, 3.8) is 0 Å². The first-order valence-electron chi connectivity index (χ1n) is 5.78. The maximum absolute atomic E-state index is 10.8. The SMILES string of the molecule is CN(C)CCN(CC(=O)O)C1CCOCC1. The zero-order valence-electron chi connectivity index (χ0n) is 10.2. The van der Waals surface area contributed by atoms with Gasteiger partial charge in [-0.1, -0.05) is 0 Å². The van der Waals surface area contributed by atoms with Crippen LogP contribution in [0.1, 0.15) is 12.8 Å². The molecule has 0 atom stereocenters. The van der Waals surface area contributed by atoms with Gasteiger partial charge in [0.05, 0.1) is 6.54 Å². The largest absolute Gasteiger partial charge is 0.480 e. The van der Waals surface area contributed by atoms with Crippen LogP contribution in [0.2, 0.25) is 0 Å². The molecule has 1 saturated heterocycles. The molecule has 5 heteroatoms. The van der Waals surface area contributed by atoms with Crippen molar-refractivity contribution in [1.29, 1.82) is 0 Å². The maximum atomic E-state index is 10.8. The highest BCUT2D eigenvalue weighted by atomic mass is 16.5. The second-order valence-electron chi connectivity index (χ2n) is 4.51. The first-order valence-corrected chi connectivity index (χ1v) is 5.78. The number of carbonyl (C=O) groups is 1. The van der Waals surface area contributed by atoms with E-state index in [4.69, 9.17) is 9.84 Å². The van der Waals surface area contributed by atoms with Crippen molar-refractivity contribution < 1.29 is 14.6 Å². The number of rotatable bonds is 6. The molecule has 0 radical (unpaired) electrons. The lowest BCUT2D eigenvalue weighted by molar-refractivity contribution is -0.139. The van der Waals surface area contributed by atoms with E-state index in [-0.39, 0.29) is 6.54 Å². The minimum Gasteiger partial charge on any atom is -0.480 e. The summed E-state index contributed by atoms with van der Waals surface area (Å²) >= 11 is 0. The van der Waals surface area contributed by atoms with Crippen LogP contribution in [-0.4, -0.2) is 73.9 Å². The average Bonchev–Trinajstić information content (AvgIpc) is 2.25. The Labute approximate surface area is 97.0 Å². The molecule has 1 fully saturated rings. The van der Waals surface area contributed by atoms with Gasteiger partial charge in [0, 0.05) is 32.3 Å². The van der Waals surface area contributed by atoms with E-state index in [1.807, 2.05) is 14.1 Å². The van der Waals surface area contributed by atoms with Gasteiger partial charge >= 0.3 is 5.97 Å². The molecule has 0 aromatic carbocycles. The molecular formula is C11H22N2O3. The fraction of sp³-hybridized carbons (Fsp3) is 0.909. The topological polar surface area (TPSA) is 53.0 Å². The molecule has 1 rings (SSSR count). The van der Waals surface area contributed by atoms with Crippen LogP contribution < -0.4 is 0 Å². The summed E-state index contributed by atoms with van der Waals surface area (Å²) in [4.78, 5) is 14.9. The summed E-state index contributed by atoms with van der Waals surface area (Å²) in [5.74, 6) is -0.745. The molecule has 0 aliphatic carbocycles. The van der Waals surface area contributed by atoms with Gasteiger partial charge in [-0.15, -0.1) is 0 Å². The van der Waals surface area contributed by atoms with Crippen LogP contribution in [0.4, 0.5) is 0 Å². The molecule has 1 aliphatic rings. The summed E-state index contributed by atoms with van der Waals surface area (Å²) in [5, 5.41) is 8.89. The molecule has 94 valence electrons. The molecule has 1 N–H and O–H groups in total. The normalized spacial score (nSPS) is 18.2. The van der Waals surface area contributed by atoms with Crippen molar-refractivity contribution in [3.05, 3.63) is 0 Å². The van der Waals surface area contributed by atoms with Crippen molar-refractivity contribution in [2.45, 2.75) is 18.9 Å². The average molecular weight is 230 g/mol. The summed E-state index contributed by atoms with van der Waals surface area (Å²) in [5.41, 5.74) is 0. The molecule has 0 aromatic heterocycles. The number of likely N-dealkylation sites (N-methyl/N-ethyl adjacent to an activating group) is 1. The summed E-state index contributed by atoms with van der Waals surface area (Å²) in [6, 6.07) is 0.366. The van der Waals surface area contributed by atoms with E-state index >= 15 is 0 Å². The highest BCUT2D eigenvalue weighted by Gasteiger charge is 2.22. The third kappa shape index (κ3) is 4.92. The Morgan fingerprint density at radius 2 is 1.94 bits per heavy atom. The lowest BCUT2D eigenvalue weighted by Gasteiger charge is -2.33. The standard InChI is InChI=1S/C11H22N2O3/c1-12(2)5-6-13(9-11(14)15)10-3-7-16-8-4-10/h10H,3-9H2,1-2H3,(H,14,15). The molecule has 1 aliphatic heterocycles. The van der Waals surface area contributed by atoms with E-state index in [0.717, 1.165) is 39.1 Å². The predicted molar refractivity (Wildman–Crippen MR) is 61.6 cm³/mol. The van der Waals surface area contributed by atoms with E-state index in [9.17, 15) is 4.79 Å². The van der Waals surface area contributed by atoms with Gasteiger partial charge in [-0.05, 0) is 26.9 Å². The molecule has 0 saturated carbocycles. The molecule has 16 heavy (non-hydrogen) atoms. The number of carboxylic acid groups (broad SMARTS) is 1. The first kappa shape index (κ1) is 13.4. The van der Waals surface area contributed by atoms with Crippen molar-refractivity contribution in [2.75, 3.05) is 46.9 Å². The molecule has 0 aromatic rings. The Balaban J connectivity index is 2.44. The number of hydrogen-bond donors (Lipinski definition) is 1. The third-order valence-electron chi connectivity index (χ3n) is 2.88. The number of hydrogen-bond acceptors (Lipinski definition) is 4. The van der Waals surface area contributed by atoms with Crippen molar-refractivity contribution in [2.24, 2.45) is 0 Å². The minimum absolute atomic E-state index is 0.137. The molecule has 0 amide bonds. The van der Waals surface area contributed by atoms with E-state index in [0.29, 0.717) is 6.04 Å². The highest BCUT2D eigenvalue weighted by molar-refractivity contribution is 5.69. The van der Waals surface area contributed by atoms with Crippen LogP contribution in [0.15, 0.2) is 0 Å². The lowest BCUT2D eigenvalue weighted by Crippen LogP contribution is -2.45. The van der Waals surface area contributed by atoms with E-state index < -0.39 is 5.97 Å². The second-order valence-corrected chi connectivity index (χ2v) is 4.51. The Kier molecular flexibility index (Phi) is 5.73. The van der Waals surface area contributed by atoms with E-state index in [1.54, 1.807) is 0 Å². The van der Waals surface area contributed by atoms with Crippen LogP contribution in [-0.2, 0) is 9.53 Å².